The molecule has 4 heteroatoms. The summed E-state index contributed by atoms with van der Waals surface area (Å²) in [6, 6.07) is 16.6. The molecule has 0 radical (unpaired) electrons. The van der Waals surface area contributed by atoms with E-state index in [2.05, 4.69) is 5.32 Å². The molecule has 0 fully saturated rings. The molecule has 22 heavy (non-hydrogen) atoms. The molecule has 0 bridgehead atoms. The van der Waals surface area contributed by atoms with Crippen molar-refractivity contribution in [3.05, 3.63) is 71.9 Å². The minimum absolute atomic E-state index is 0.0122. The van der Waals surface area contributed by atoms with Crippen molar-refractivity contribution in [1.82, 2.24) is 9.88 Å². The Hall–Kier alpha value is -2.88. The van der Waals surface area contributed by atoms with Gasteiger partial charge < -0.3 is 9.88 Å². The van der Waals surface area contributed by atoms with Crippen molar-refractivity contribution in [3.8, 4) is 0 Å². The number of hydrogen-bond donors (Lipinski definition) is 1. The lowest BCUT2D eigenvalue weighted by atomic mass is 10.1. The van der Waals surface area contributed by atoms with Crippen molar-refractivity contribution in [1.29, 1.82) is 0 Å². The third-order valence-electron chi connectivity index (χ3n) is 3.64. The molecule has 0 aliphatic heterocycles. The summed E-state index contributed by atoms with van der Waals surface area (Å²) in [5.41, 5.74) is 2.18. The van der Waals surface area contributed by atoms with Crippen LogP contribution in [0.15, 0.2) is 60.8 Å². The molecule has 110 valence electrons. The number of fused-ring (bicyclic) bond motifs is 1. The van der Waals surface area contributed by atoms with Crippen LogP contribution >= 0.6 is 0 Å². The second-order valence-electron chi connectivity index (χ2n) is 5.14. The van der Waals surface area contributed by atoms with Gasteiger partial charge in [-0.2, -0.15) is 0 Å². The smallest absolute Gasteiger partial charge is 0.251 e. The van der Waals surface area contributed by atoms with E-state index in [1.165, 1.54) is 0 Å². The Balaban J connectivity index is 1.76. The molecule has 0 saturated heterocycles. The molecule has 3 aromatic rings. The van der Waals surface area contributed by atoms with E-state index >= 15 is 0 Å². The predicted octanol–water partition coefficient (Wildman–Crippen LogP) is 2.79. The zero-order valence-electron chi connectivity index (χ0n) is 12.2. The maximum atomic E-state index is 12.4. The van der Waals surface area contributed by atoms with Gasteiger partial charge in [0.05, 0.1) is 6.54 Å². The number of carbonyl (C=O) groups is 2. The van der Waals surface area contributed by atoms with Crippen LogP contribution in [0.3, 0.4) is 0 Å². The van der Waals surface area contributed by atoms with Gasteiger partial charge >= 0.3 is 0 Å². The summed E-state index contributed by atoms with van der Waals surface area (Å²) in [7, 11) is 1.90. The number of nitrogens with zero attached hydrogens (tertiary/aromatic N) is 1. The fourth-order valence-electron chi connectivity index (χ4n) is 2.51. The van der Waals surface area contributed by atoms with Crippen molar-refractivity contribution in [2.75, 3.05) is 6.54 Å². The summed E-state index contributed by atoms with van der Waals surface area (Å²) in [5.74, 6) is -0.338. The number of aryl methyl sites for hydroxylation is 1. The highest BCUT2D eigenvalue weighted by molar-refractivity contribution is 6.10. The number of ketones is 1. The number of Topliss-reactive ketones (excluding diaryl/α,β-unsaturated/α-hetero) is 1. The number of rotatable bonds is 4. The Kier molecular flexibility index (Phi) is 3.74. The molecule has 1 amide bonds. The van der Waals surface area contributed by atoms with Crippen LogP contribution in [0.5, 0.6) is 0 Å². The van der Waals surface area contributed by atoms with Gasteiger partial charge in [-0.1, -0.05) is 36.4 Å². The van der Waals surface area contributed by atoms with Crippen LogP contribution in [0, 0.1) is 0 Å². The number of benzene rings is 2. The molecule has 0 saturated carbocycles. The van der Waals surface area contributed by atoms with E-state index < -0.39 is 0 Å². The van der Waals surface area contributed by atoms with Crippen LogP contribution in [0.2, 0.25) is 0 Å². The van der Waals surface area contributed by atoms with Crippen molar-refractivity contribution in [2.45, 2.75) is 0 Å². The van der Waals surface area contributed by atoms with Gasteiger partial charge in [0.25, 0.3) is 5.91 Å². The zero-order valence-corrected chi connectivity index (χ0v) is 12.2. The Bertz CT molecular complexity index is 835. The number of amides is 1. The Labute approximate surface area is 128 Å². The van der Waals surface area contributed by atoms with Crippen molar-refractivity contribution < 1.29 is 9.59 Å². The molecule has 4 nitrogen and oxygen atoms in total. The maximum absolute atomic E-state index is 12.4. The van der Waals surface area contributed by atoms with Crippen LogP contribution in [-0.2, 0) is 7.05 Å². The van der Waals surface area contributed by atoms with Crippen molar-refractivity contribution >= 4 is 22.6 Å². The zero-order chi connectivity index (χ0) is 15.5. The first-order valence-corrected chi connectivity index (χ1v) is 7.07. The third-order valence-corrected chi connectivity index (χ3v) is 3.64. The molecule has 1 aromatic heterocycles. The molecular formula is C18H16N2O2. The number of carbonyl (C=O) groups excluding carboxylic acids is 2. The first-order valence-electron chi connectivity index (χ1n) is 7.07. The molecular weight excluding hydrogens is 276 g/mol. The van der Waals surface area contributed by atoms with Crippen LogP contribution in [0.4, 0.5) is 0 Å². The molecule has 0 unspecified atom stereocenters. The second-order valence-corrected chi connectivity index (χ2v) is 5.14. The van der Waals surface area contributed by atoms with E-state index in [0.29, 0.717) is 11.1 Å². The van der Waals surface area contributed by atoms with Gasteiger partial charge in [0.15, 0.2) is 5.78 Å². The van der Waals surface area contributed by atoms with E-state index in [0.717, 1.165) is 10.9 Å². The lowest BCUT2D eigenvalue weighted by Gasteiger charge is -2.04. The monoisotopic (exact) mass is 292 g/mol. The summed E-state index contributed by atoms with van der Waals surface area (Å²) < 4.78 is 1.92. The predicted molar refractivity (Wildman–Crippen MR) is 86.0 cm³/mol. The highest BCUT2D eigenvalue weighted by Gasteiger charge is 2.14. The van der Waals surface area contributed by atoms with Crippen LogP contribution in [-0.4, -0.2) is 22.8 Å². The Morgan fingerprint density at radius 1 is 1.00 bits per heavy atom. The molecule has 0 spiro atoms. The number of nitrogens with one attached hydrogen (secondary N) is 1. The molecule has 0 aliphatic rings. The van der Waals surface area contributed by atoms with E-state index in [1.54, 1.807) is 24.3 Å². The highest BCUT2D eigenvalue weighted by atomic mass is 16.2. The molecule has 0 aliphatic carbocycles. The molecule has 3 rings (SSSR count). The van der Waals surface area contributed by atoms with Crippen molar-refractivity contribution in [2.24, 2.45) is 7.05 Å². The average molecular weight is 292 g/mol. The average Bonchev–Trinajstić information content (AvgIpc) is 2.91. The normalized spacial score (nSPS) is 10.6. The summed E-state index contributed by atoms with van der Waals surface area (Å²) in [6.45, 7) is -0.0122. The minimum atomic E-state index is -0.241. The SMILES string of the molecule is Cn1cc(C(=O)CNC(=O)c2ccccc2)c2ccccc21. The van der Waals surface area contributed by atoms with Gasteiger partial charge in [0.1, 0.15) is 0 Å². The van der Waals surface area contributed by atoms with Gasteiger partial charge in [-0.05, 0) is 18.2 Å². The first kappa shape index (κ1) is 14.1. The lowest BCUT2D eigenvalue weighted by molar-refractivity contribution is 0.0904. The van der Waals surface area contributed by atoms with Crippen molar-refractivity contribution in [3.63, 3.8) is 0 Å². The summed E-state index contributed by atoms with van der Waals surface area (Å²) in [6.07, 6.45) is 1.81. The highest BCUT2D eigenvalue weighted by Crippen LogP contribution is 2.20. The summed E-state index contributed by atoms with van der Waals surface area (Å²) in [5, 5.41) is 3.58. The number of hydrogen-bond acceptors (Lipinski definition) is 2. The fourth-order valence-corrected chi connectivity index (χ4v) is 2.51. The first-order chi connectivity index (χ1) is 10.7. The van der Waals surface area contributed by atoms with Gasteiger partial charge in [-0.3, -0.25) is 9.59 Å². The van der Waals surface area contributed by atoms with Gasteiger partial charge in [-0.25, -0.2) is 0 Å². The Morgan fingerprint density at radius 3 is 2.45 bits per heavy atom. The molecule has 2 aromatic carbocycles. The largest absolute Gasteiger partial charge is 0.350 e. The van der Waals surface area contributed by atoms with Crippen LogP contribution < -0.4 is 5.32 Å². The van der Waals surface area contributed by atoms with E-state index in [4.69, 9.17) is 0 Å². The standard InChI is InChI=1S/C18H16N2O2/c1-20-12-15(14-9-5-6-10-16(14)20)17(21)11-19-18(22)13-7-3-2-4-8-13/h2-10,12H,11H2,1H3,(H,19,22). The maximum Gasteiger partial charge on any atom is 0.251 e. The third kappa shape index (κ3) is 2.63. The van der Waals surface area contributed by atoms with Gasteiger partial charge in [-0.15, -0.1) is 0 Å². The topological polar surface area (TPSA) is 51.1 Å². The van der Waals surface area contributed by atoms with Crippen LogP contribution in [0.1, 0.15) is 20.7 Å². The Morgan fingerprint density at radius 2 is 1.68 bits per heavy atom. The minimum Gasteiger partial charge on any atom is -0.350 e. The number of aromatic nitrogens is 1. The van der Waals surface area contributed by atoms with Crippen LogP contribution in [0.25, 0.3) is 10.9 Å². The molecule has 0 atom stereocenters. The second kappa shape index (κ2) is 5.85. The van der Waals surface area contributed by atoms with E-state index in [1.807, 2.05) is 48.1 Å². The van der Waals surface area contributed by atoms with E-state index in [-0.39, 0.29) is 18.2 Å². The lowest BCUT2D eigenvalue weighted by Crippen LogP contribution is -2.29. The fraction of sp³-hybridized carbons (Fsp3) is 0.111. The number of para-hydroxylation sites is 1. The van der Waals surface area contributed by atoms with Gasteiger partial charge in [0.2, 0.25) is 0 Å². The summed E-state index contributed by atoms with van der Waals surface area (Å²) in [4.78, 5) is 24.4. The summed E-state index contributed by atoms with van der Waals surface area (Å²) >= 11 is 0. The molecule has 1 N–H and O–H groups in total. The van der Waals surface area contributed by atoms with Gasteiger partial charge in [0, 0.05) is 35.3 Å². The van der Waals surface area contributed by atoms with E-state index in [9.17, 15) is 9.59 Å². The molecule has 1 heterocycles. The quantitative estimate of drug-likeness (QED) is 0.752.